The van der Waals surface area contributed by atoms with E-state index in [2.05, 4.69) is 0 Å². The van der Waals surface area contributed by atoms with Crippen LogP contribution >= 0.6 is 0 Å². The van der Waals surface area contributed by atoms with Crippen molar-refractivity contribution in [3.63, 3.8) is 0 Å². The minimum Gasteiger partial charge on any atom is -0.508 e. The lowest BCUT2D eigenvalue weighted by Crippen LogP contribution is -2.62. The number of aromatic hydroxyl groups is 1. The van der Waals surface area contributed by atoms with Gasteiger partial charge in [-0.25, -0.2) is 4.79 Å². The van der Waals surface area contributed by atoms with Crippen molar-refractivity contribution < 1.29 is 59.1 Å². The Bertz CT molecular complexity index is 1040. The van der Waals surface area contributed by atoms with Gasteiger partial charge in [0.2, 0.25) is 6.29 Å². The Hall–Kier alpha value is -2.55. The van der Waals surface area contributed by atoms with Crippen LogP contribution < -0.4 is 0 Å². The van der Waals surface area contributed by atoms with Gasteiger partial charge in [-0.15, -0.1) is 0 Å². The summed E-state index contributed by atoms with van der Waals surface area (Å²) in [6.45, 7) is 1.22. The van der Waals surface area contributed by atoms with E-state index in [1.54, 1.807) is 19.1 Å². The summed E-state index contributed by atoms with van der Waals surface area (Å²) < 4.78 is 27.5. The number of rotatable bonds is 6. The third kappa shape index (κ3) is 4.19. The standard InChI is InChI=1S/C24H28O12/c1-23-18-22(32-9-8-24(18,31)19(30)20(23)36-23)35-21-17(29)16(28)15(27)13(34-21)10-33-14(26)7-4-11-2-5-12(25)6-3-11/h2-9,13,15-22,25,27-31H,10H2,1H3/b7-4+/t13-,15+,16+,17-,18+,19+,20-,21-,22-,23+,24+/m0/s1. The number of phenols is 1. The molecule has 3 fully saturated rings. The van der Waals surface area contributed by atoms with Gasteiger partial charge in [0.15, 0.2) is 6.29 Å². The lowest BCUT2D eigenvalue weighted by molar-refractivity contribution is -0.350. The van der Waals surface area contributed by atoms with E-state index in [1.807, 2.05) is 0 Å². The van der Waals surface area contributed by atoms with Gasteiger partial charge in [-0.05, 0) is 36.8 Å². The third-order valence-corrected chi connectivity index (χ3v) is 7.22. The Morgan fingerprint density at radius 2 is 1.81 bits per heavy atom. The first kappa shape index (κ1) is 25.1. The second-order valence-corrected chi connectivity index (χ2v) is 9.55. The molecule has 3 aliphatic heterocycles. The van der Waals surface area contributed by atoms with Gasteiger partial charge < -0.3 is 54.3 Å². The molecule has 4 aliphatic rings. The Balaban J connectivity index is 1.22. The summed E-state index contributed by atoms with van der Waals surface area (Å²) in [5, 5.41) is 61.9. The number of carbonyl (C=O) groups is 1. The molecule has 11 atom stereocenters. The van der Waals surface area contributed by atoms with Crippen molar-refractivity contribution in [2.24, 2.45) is 5.92 Å². The molecule has 196 valence electrons. The van der Waals surface area contributed by atoms with Crippen LogP contribution in [0, 0.1) is 5.92 Å². The van der Waals surface area contributed by atoms with Crippen LogP contribution in [0.15, 0.2) is 42.7 Å². The number of epoxide rings is 1. The quantitative estimate of drug-likeness (QED) is 0.149. The van der Waals surface area contributed by atoms with Crippen LogP contribution in [0.5, 0.6) is 5.75 Å². The normalized spacial score (nSPS) is 45.1. The first-order valence-electron chi connectivity index (χ1n) is 11.4. The van der Waals surface area contributed by atoms with Crippen molar-refractivity contribution in [1.82, 2.24) is 0 Å². The van der Waals surface area contributed by atoms with Gasteiger partial charge in [0.1, 0.15) is 60.2 Å². The minimum atomic E-state index is -1.70. The Labute approximate surface area is 205 Å². The van der Waals surface area contributed by atoms with Gasteiger partial charge in [0.05, 0.1) is 12.2 Å². The summed E-state index contributed by atoms with van der Waals surface area (Å²) in [7, 11) is 0. The number of fused-ring (bicyclic) bond motifs is 3. The highest BCUT2D eigenvalue weighted by Crippen LogP contribution is 2.61. The smallest absolute Gasteiger partial charge is 0.330 e. The molecule has 1 saturated carbocycles. The number of aliphatic hydroxyl groups excluding tert-OH is 4. The molecule has 1 aromatic carbocycles. The Kier molecular flexibility index (Phi) is 6.34. The molecule has 0 bridgehead atoms. The molecule has 6 N–H and O–H groups in total. The second-order valence-electron chi connectivity index (χ2n) is 9.55. The van der Waals surface area contributed by atoms with E-state index in [4.69, 9.17) is 23.7 Å². The van der Waals surface area contributed by atoms with Gasteiger partial charge in [0, 0.05) is 6.08 Å². The summed E-state index contributed by atoms with van der Waals surface area (Å²) in [5.41, 5.74) is -2.00. The number of carbonyl (C=O) groups excluding carboxylic acids is 1. The summed E-state index contributed by atoms with van der Waals surface area (Å²) in [6.07, 6.45) is -5.78. The number of aliphatic hydroxyl groups is 5. The maximum absolute atomic E-state index is 12.1. The predicted molar refractivity (Wildman–Crippen MR) is 118 cm³/mol. The summed E-state index contributed by atoms with van der Waals surface area (Å²) in [6, 6.07) is 6.10. The van der Waals surface area contributed by atoms with E-state index in [0.717, 1.165) is 6.08 Å². The molecule has 0 amide bonds. The zero-order valence-electron chi connectivity index (χ0n) is 19.2. The van der Waals surface area contributed by atoms with Crippen LogP contribution in [0.25, 0.3) is 6.08 Å². The molecule has 0 aromatic heterocycles. The van der Waals surface area contributed by atoms with Crippen LogP contribution in [-0.4, -0.2) is 104 Å². The van der Waals surface area contributed by atoms with Crippen LogP contribution in [0.1, 0.15) is 12.5 Å². The molecule has 5 rings (SSSR count). The Morgan fingerprint density at radius 3 is 2.53 bits per heavy atom. The number of hydrogen-bond donors (Lipinski definition) is 6. The number of ether oxygens (including phenoxy) is 5. The van der Waals surface area contributed by atoms with E-state index < -0.39 is 78.9 Å². The summed E-state index contributed by atoms with van der Waals surface area (Å²) in [4.78, 5) is 12.1. The molecule has 0 unspecified atom stereocenters. The first-order valence-corrected chi connectivity index (χ1v) is 11.4. The summed E-state index contributed by atoms with van der Waals surface area (Å²) in [5.74, 6) is -1.55. The molecule has 1 aliphatic carbocycles. The largest absolute Gasteiger partial charge is 0.508 e. The lowest BCUT2D eigenvalue weighted by atomic mass is 9.82. The molecule has 36 heavy (non-hydrogen) atoms. The molecule has 12 heteroatoms. The van der Waals surface area contributed by atoms with E-state index in [-0.39, 0.29) is 5.75 Å². The topological polar surface area (TPSA) is 188 Å². The number of hydrogen-bond acceptors (Lipinski definition) is 12. The molecule has 0 spiro atoms. The highest BCUT2D eigenvalue weighted by atomic mass is 16.8. The van der Waals surface area contributed by atoms with Crippen LogP contribution in [0.3, 0.4) is 0 Å². The lowest BCUT2D eigenvalue weighted by Gasteiger charge is -2.45. The fourth-order valence-electron chi connectivity index (χ4n) is 5.12. The Morgan fingerprint density at radius 1 is 1.08 bits per heavy atom. The monoisotopic (exact) mass is 508 g/mol. The molecule has 0 radical (unpaired) electrons. The zero-order valence-corrected chi connectivity index (χ0v) is 19.2. The van der Waals surface area contributed by atoms with Crippen LogP contribution in [0.2, 0.25) is 0 Å². The molecule has 1 aromatic rings. The maximum atomic E-state index is 12.1. The fraction of sp³-hybridized carbons (Fsp3) is 0.542. The average molecular weight is 508 g/mol. The van der Waals surface area contributed by atoms with Gasteiger partial charge in [-0.2, -0.15) is 0 Å². The SMILES string of the molecule is C[C@]12O[C@H]1[C@@H](O)[C@@]1(O)C=CO[C@@H](O[C@@H]3O[C@@H](COC(=O)/C=C/c4ccc(O)cc4)[C@@H](O)[C@@H](O)[C@@H]3O)[C@@H]12. The van der Waals surface area contributed by atoms with Crippen molar-refractivity contribution >= 4 is 12.0 Å². The van der Waals surface area contributed by atoms with Gasteiger partial charge in [-0.3, -0.25) is 0 Å². The average Bonchev–Trinajstić information content (AvgIpc) is 3.49. The highest BCUT2D eigenvalue weighted by molar-refractivity contribution is 5.87. The second kappa shape index (κ2) is 9.08. The van der Waals surface area contributed by atoms with Crippen molar-refractivity contribution in [2.45, 2.75) is 67.3 Å². The minimum absolute atomic E-state index is 0.0812. The summed E-state index contributed by atoms with van der Waals surface area (Å²) >= 11 is 0. The van der Waals surface area contributed by atoms with Crippen LogP contribution in [-0.2, 0) is 28.5 Å². The molecular weight excluding hydrogens is 480 g/mol. The van der Waals surface area contributed by atoms with Crippen molar-refractivity contribution in [1.29, 1.82) is 0 Å². The predicted octanol–water partition coefficient (Wildman–Crippen LogP) is -1.48. The molecular formula is C24H28O12. The first-order chi connectivity index (χ1) is 17.0. The van der Waals surface area contributed by atoms with Gasteiger partial charge in [0.25, 0.3) is 0 Å². The van der Waals surface area contributed by atoms with E-state index in [1.165, 1.54) is 30.5 Å². The number of esters is 1. The van der Waals surface area contributed by atoms with E-state index >= 15 is 0 Å². The van der Waals surface area contributed by atoms with E-state index in [9.17, 15) is 35.4 Å². The van der Waals surface area contributed by atoms with Crippen molar-refractivity contribution in [3.05, 3.63) is 48.2 Å². The molecule has 3 heterocycles. The fourth-order valence-corrected chi connectivity index (χ4v) is 5.12. The zero-order chi connectivity index (χ0) is 25.8. The van der Waals surface area contributed by atoms with E-state index in [0.29, 0.717) is 5.56 Å². The third-order valence-electron chi connectivity index (χ3n) is 7.22. The molecule has 2 saturated heterocycles. The van der Waals surface area contributed by atoms with Crippen LogP contribution in [0.4, 0.5) is 0 Å². The van der Waals surface area contributed by atoms with Crippen molar-refractivity contribution in [3.8, 4) is 5.75 Å². The highest BCUT2D eigenvalue weighted by Gasteiger charge is 2.79. The number of phenolic OH excluding ortho intramolecular Hbond substituents is 1. The van der Waals surface area contributed by atoms with Gasteiger partial charge in [-0.1, -0.05) is 12.1 Å². The number of benzene rings is 1. The molecule has 12 nitrogen and oxygen atoms in total. The van der Waals surface area contributed by atoms with Gasteiger partial charge >= 0.3 is 5.97 Å². The maximum Gasteiger partial charge on any atom is 0.330 e. The van der Waals surface area contributed by atoms with Crippen molar-refractivity contribution in [2.75, 3.05) is 6.61 Å².